The van der Waals surface area contributed by atoms with Crippen molar-refractivity contribution in [3.8, 4) is 5.88 Å². The summed E-state index contributed by atoms with van der Waals surface area (Å²) in [5.41, 5.74) is 0.0623. The maximum Gasteiger partial charge on any atom is 0.228 e. The number of rotatable bonds is 1. The van der Waals surface area contributed by atoms with E-state index in [1.165, 1.54) is 11.8 Å². The maximum absolute atomic E-state index is 14.3. The zero-order valence-electron chi connectivity index (χ0n) is 11.5. The molecule has 1 fully saturated rings. The Morgan fingerprint density at radius 3 is 2.95 bits per heavy atom. The average molecular weight is 345 g/mol. The number of pyridine rings is 1. The number of hydrogen-bond donors (Lipinski definition) is 0. The fourth-order valence-corrected chi connectivity index (χ4v) is 3.44. The van der Waals surface area contributed by atoms with Gasteiger partial charge in [0.25, 0.3) is 0 Å². The first-order chi connectivity index (χ1) is 10.6. The van der Waals surface area contributed by atoms with Gasteiger partial charge >= 0.3 is 0 Å². The van der Waals surface area contributed by atoms with Crippen molar-refractivity contribution in [2.75, 3.05) is 24.3 Å². The summed E-state index contributed by atoms with van der Waals surface area (Å²) in [4.78, 5) is 14.4. The number of anilines is 1. The van der Waals surface area contributed by atoms with Gasteiger partial charge < -0.3 is 9.64 Å². The van der Waals surface area contributed by atoms with Crippen LogP contribution < -0.4 is 9.64 Å². The van der Waals surface area contributed by atoms with Gasteiger partial charge in [-0.15, -0.1) is 0 Å². The van der Waals surface area contributed by atoms with Crippen LogP contribution in [-0.4, -0.2) is 46.6 Å². The quantitative estimate of drug-likeness (QED) is 0.450. The monoisotopic (exact) mass is 344 g/mol. The molecule has 5 nitrogen and oxygen atoms in total. The molecular weight excluding hydrogens is 334 g/mol. The van der Waals surface area contributed by atoms with Crippen LogP contribution >= 0.6 is 23.4 Å². The van der Waals surface area contributed by atoms with Crippen LogP contribution in [0.4, 0.5) is 14.6 Å². The molecule has 0 spiro atoms. The van der Waals surface area contributed by atoms with Gasteiger partial charge in [0, 0.05) is 6.54 Å². The van der Waals surface area contributed by atoms with E-state index in [2.05, 4.69) is 15.0 Å². The van der Waals surface area contributed by atoms with Crippen LogP contribution in [0.5, 0.6) is 5.88 Å². The number of thioether (sulfide) groups is 1. The van der Waals surface area contributed by atoms with Crippen molar-refractivity contribution in [3.63, 3.8) is 0 Å². The van der Waals surface area contributed by atoms with Crippen LogP contribution in [0.3, 0.4) is 0 Å². The van der Waals surface area contributed by atoms with Crippen LogP contribution in [0, 0.1) is 5.82 Å². The molecule has 22 heavy (non-hydrogen) atoms. The van der Waals surface area contributed by atoms with Gasteiger partial charge in [0.15, 0.2) is 16.1 Å². The van der Waals surface area contributed by atoms with E-state index in [0.29, 0.717) is 29.3 Å². The molecule has 2 atom stereocenters. The van der Waals surface area contributed by atoms with E-state index < -0.39 is 18.0 Å². The Morgan fingerprint density at radius 1 is 1.36 bits per heavy atom. The first kappa shape index (κ1) is 14.2. The third-order valence-corrected chi connectivity index (χ3v) is 4.78. The lowest BCUT2D eigenvalue weighted by Gasteiger charge is -2.24. The number of ether oxygens (including phenoxy) is 1. The lowest BCUT2D eigenvalue weighted by molar-refractivity contribution is 0.221. The molecule has 2 aromatic rings. The minimum atomic E-state index is -1.02. The third-order valence-electron chi connectivity index (χ3n) is 3.98. The number of halogens is 3. The Kier molecular flexibility index (Phi) is 3.26. The molecule has 1 saturated heterocycles. The zero-order valence-corrected chi connectivity index (χ0v) is 13.1. The summed E-state index contributed by atoms with van der Waals surface area (Å²) in [5, 5.41) is 0.451. The molecule has 0 aliphatic carbocycles. The molecule has 4 heterocycles. The molecule has 0 saturated carbocycles. The minimum Gasteiger partial charge on any atom is -0.475 e. The Bertz CT molecular complexity index is 778. The summed E-state index contributed by atoms with van der Waals surface area (Å²) in [6.45, 7) is 0.620. The zero-order chi connectivity index (χ0) is 15.4. The Hall–Kier alpha value is -1.41. The largest absolute Gasteiger partial charge is 0.475 e. The summed E-state index contributed by atoms with van der Waals surface area (Å²) >= 11 is 7.11. The molecule has 0 amide bonds. The second kappa shape index (κ2) is 5.06. The molecule has 2 aliphatic rings. The highest BCUT2D eigenvalue weighted by Gasteiger charge is 2.40. The van der Waals surface area contributed by atoms with Gasteiger partial charge in [-0.05, 0) is 12.7 Å². The van der Waals surface area contributed by atoms with Gasteiger partial charge in [0.1, 0.15) is 29.5 Å². The maximum atomic E-state index is 14.3. The molecular formula is C13H11ClF2N4OS. The van der Waals surface area contributed by atoms with Gasteiger partial charge in [0.05, 0.1) is 6.04 Å². The van der Waals surface area contributed by atoms with E-state index in [-0.39, 0.29) is 23.2 Å². The highest BCUT2D eigenvalue weighted by Crippen LogP contribution is 2.41. The fraction of sp³-hybridized carbons (Fsp3) is 0.462. The summed E-state index contributed by atoms with van der Waals surface area (Å²) in [6, 6.07) is -0.455. The molecule has 0 radical (unpaired) electrons. The lowest BCUT2D eigenvalue weighted by Crippen LogP contribution is -2.38. The number of hydrogen-bond acceptors (Lipinski definition) is 6. The molecule has 2 aliphatic heterocycles. The van der Waals surface area contributed by atoms with Gasteiger partial charge in [0.2, 0.25) is 5.88 Å². The molecule has 0 bridgehead atoms. The van der Waals surface area contributed by atoms with Crippen molar-refractivity contribution in [1.29, 1.82) is 0 Å². The molecule has 2 aromatic heterocycles. The predicted molar refractivity (Wildman–Crippen MR) is 80.2 cm³/mol. The normalized spacial score (nSPS) is 23.4. The standard InChI is InChI=1S/C13H11ClF2N4OS/c1-22-13-17-9-7-11(19-13)20-3-2-5(15)6(20)4-21-12(7)18-10(14)8(9)16/h5-6H,2-4H2,1H3. The van der Waals surface area contributed by atoms with Gasteiger partial charge in [-0.1, -0.05) is 23.4 Å². The third kappa shape index (κ3) is 1.93. The number of nitrogens with zero attached hydrogens (tertiary/aromatic N) is 4. The van der Waals surface area contributed by atoms with Gasteiger partial charge in [-0.2, -0.15) is 4.98 Å². The molecule has 116 valence electrons. The van der Waals surface area contributed by atoms with Crippen LogP contribution in [0.15, 0.2) is 5.16 Å². The Labute approximate surface area is 134 Å². The summed E-state index contributed by atoms with van der Waals surface area (Å²) in [5.74, 6) is -0.0851. The Morgan fingerprint density at radius 2 is 2.18 bits per heavy atom. The van der Waals surface area contributed by atoms with Crippen LogP contribution in [0.2, 0.25) is 5.15 Å². The molecule has 0 aromatic carbocycles. The number of aromatic nitrogens is 3. The lowest BCUT2D eigenvalue weighted by atomic mass is 10.2. The highest BCUT2D eigenvalue weighted by molar-refractivity contribution is 7.98. The SMILES string of the molecule is CSc1nc2c3c(nc(Cl)c(F)c3n1)OCC1C(F)CCN21. The summed E-state index contributed by atoms with van der Waals surface area (Å²) in [6.07, 6.45) is 1.17. The van der Waals surface area contributed by atoms with E-state index >= 15 is 0 Å². The Balaban J connectivity index is 2.06. The van der Waals surface area contributed by atoms with Gasteiger partial charge in [-0.3, -0.25) is 0 Å². The van der Waals surface area contributed by atoms with Crippen LogP contribution in [0.1, 0.15) is 6.42 Å². The average Bonchev–Trinajstić information content (AvgIpc) is 2.81. The van der Waals surface area contributed by atoms with E-state index in [4.69, 9.17) is 16.3 Å². The van der Waals surface area contributed by atoms with Crippen molar-refractivity contribution in [1.82, 2.24) is 15.0 Å². The number of fused-ring (bicyclic) bond motifs is 2. The molecule has 2 unspecified atom stereocenters. The second-order valence-electron chi connectivity index (χ2n) is 5.16. The summed E-state index contributed by atoms with van der Waals surface area (Å²) in [7, 11) is 0. The van der Waals surface area contributed by atoms with Crippen molar-refractivity contribution >= 4 is 40.1 Å². The predicted octanol–water partition coefficient (Wildman–Crippen LogP) is 2.85. The van der Waals surface area contributed by atoms with E-state index in [1.807, 2.05) is 4.90 Å². The van der Waals surface area contributed by atoms with Crippen LogP contribution in [-0.2, 0) is 0 Å². The van der Waals surface area contributed by atoms with E-state index in [0.717, 1.165) is 0 Å². The topological polar surface area (TPSA) is 51.1 Å². The first-order valence-electron chi connectivity index (χ1n) is 6.74. The first-order valence-corrected chi connectivity index (χ1v) is 8.34. The van der Waals surface area contributed by atoms with Gasteiger partial charge in [-0.25, -0.2) is 18.7 Å². The molecule has 4 rings (SSSR count). The van der Waals surface area contributed by atoms with Crippen molar-refractivity contribution < 1.29 is 13.5 Å². The minimum absolute atomic E-state index is 0.0623. The van der Waals surface area contributed by atoms with E-state index in [9.17, 15) is 8.78 Å². The smallest absolute Gasteiger partial charge is 0.228 e. The van der Waals surface area contributed by atoms with Crippen molar-refractivity contribution in [3.05, 3.63) is 11.0 Å². The molecule has 0 N–H and O–H groups in total. The number of alkyl halides is 1. The van der Waals surface area contributed by atoms with Crippen molar-refractivity contribution in [2.45, 2.75) is 23.8 Å². The van der Waals surface area contributed by atoms with E-state index in [1.54, 1.807) is 6.26 Å². The molecule has 9 heteroatoms. The highest BCUT2D eigenvalue weighted by atomic mass is 35.5. The van der Waals surface area contributed by atoms with Crippen molar-refractivity contribution in [2.24, 2.45) is 0 Å². The second-order valence-corrected chi connectivity index (χ2v) is 6.29. The van der Waals surface area contributed by atoms with Crippen LogP contribution in [0.25, 0.3) is 10.9 Å². The fourth-order valence-electron chi connectivity index (χ4n) is 2.92. The summed E-state index contributed by atoms with van der Waals surface area (Å²) < 4.78 is 34.0.